The van der Waals surface area contributed by atoms with Crippen LogP contribution in [0.5, 0.6) is 0 Å². The number of halogens is 46. The molecule has 0 N–H and O–H groups in total. The lowest BCUT2D eigenvalue weighted by atomic mass is 9.80. The van der Waals surface area contributed by atoms with Crippen molar-refractivity contribution >= 4 is 0 Å². The number of rotatable bonds is 18. The average molecular weight is 1140 g/mol. The second kappa shape index (κ2) is 15.2. The zero-order valence-corrected chi connectivity index (χ0v) is 28.4. The van der Waals surface area contributed by atoms with Gasteiger partial charge < -0.3 is 0 Å². The molecule has 0 unspecified atom stereocenters. The maximum absolute atomic E-state index is 14.0. The van der Waals surface area contributed by atoms with Crippen LogP contribution in [0, 0.1) is 0 Å². The fourth-order valence-corrected chi connectivity index (χ4v) is 4.07. The van der Waals surface area contributed by atoms with Crippen LogP contribution in [-0.4, -0.2) is 131 Å². The zero-order valence-electron chi connectivity index (χ0n) is 28.4. The molecule has 0 nitrogen and oxygen atoms in total. The molecule has 0 aromatic carbocycles. The summed E-state index contributed by atoms with van der Waals surface area (Å²) in [7, 11) is 0. The number of alkyl halides is 46. The van der Waals surface area contributed by atoms with E-state index in [1.165, 1.54) is 0 Å². The molecule has 0 saturated carbocycles. The van der Waals surface area contributed by atoms with Gasteiger partial charge in [0.2, 0.25) is 0 Å². The minimum absolute atomic E-state index is 8.58. The van der Waals surface area contributed by atoms with Crippen molar-refractivity contribution in [3.05, 3.63) is 0 Å². The highest BCUT2D eigenvalue weighted by Gasteiger charge is 3.04. The molecule has 0 aliphatic rings. The lowest BCUT2D eigenvalue weighted by Crippen LogP contribution is -2.81. The number of hydrogen-bond donors (Lipinski definition) is 0. The van der Waals surface area contributed by atoms with Crippen LogP contribution in [0.3, 0.4) is 0 Å². The maximum atomic E-state index is 14.0. The molecule has 0 bridgehead atoms. The predicted octanol–water partition coefficient (Wildman–Crippen LogP) is 14.8. The molecule has 0 fully saturated rings. The van der Waals surface area contributed by atoms with Crippen molar-refractivity contribution in [3.63, 3.8) is 0 Å². The van der Waals surface area contributed by atoms with Crippen LogP contribution in [0.2, 0.25) is 0 Å². The second-order valence-electron chi connectivity index (χ2n) is 12.5. The smallest absolute Gasteiger partial charge is 0.216 e. The van der Waals surface area contributed by atoms with E-state index < -0.39 is 131 Å². The van der Waals surface area contributed by atoms with E-state index in [4.69, 9.17) is 0 Å². The van der Waals surface area contributed by atoms with Crippen LogP contribution in [0.1, 0.15) is 0 Å². The van der Waals surface area contributed by atoms with Gasteiger partial charge >= 0.3 is 131 Å². The molecular weight excluding hydrogens is 1140 g/mol. The van der Waals surface area contributed by atoms with Crippen molar-refractivity contribution in [2.75, 3.05) is 0 Å². The summed E-state index contributed by atoms with van der Waals surface area (Å²) in [5, 5.41) is 0. The summed E-state index contributed by atoms with van der Waals surface area (Å²) in [6.07, 6.45) is -26.7. The summed E-state index contributed by atoms with van der Waals surface area (Å²) in [5.41, 5.74) is -9.66. The third-order valence-corrected chi connectivity index (χ3v) is 8.27. The van der Waals surface area contributed by atoms with Gasteiger partial charge in [0.15, 0.2) is 0 Å². The van der Waals surface area contributed by atoms with Gasteiger partial charge in [0.1, 0.15) is 0 Å². The molecule has 0 radical (unpaired) electrons. The van der Waals surface area contributed by atoms with E-state index in [-0.39, 0.29) is 0 Å². The van der Waals surface area contributed by atoms with Crippen LogP contribution in [0.4, 0.5) is 202 Å². The normalized spacial score (nSPS) is 17.6. The Kier molecular flexibility index (Phi) is 14.4. The van der Waals surface area contributed by atoms with Gasteiger partial charge in [0.05, 0.1) is 0 Å². The monoisotopic (exact) mass is 1140 g/mol. The Balaban J connectivity index is 8.15. The van der Waals surface area contributed by atoms with Gasteiger partial charge in [-0.05, 0) is 0 Å². The van der Waals surface area contributed by atoms with Crippen molar-refractivity contribution in [3.8, 4) is 0 Å². The molecule has 0 amide bonds. The van der Waals surface area contributed by atoms with Gasteiger partial charge in [-0.1, -0.05) is 0 Å². The van der Waals surface area contributed by atoms with Crippen molar-refractivity contribution < 1.29 is 202 Å². The van der Waals surface area contributed by atoms with Crippen molar-refractivity contribution in [1.82, 2.24) is 0 Å². The van der Waals surface area contributed by atoms with E-state index in [1.54, 1.807) is 0 Å². The molecule has 0 rings (SSSR count). The first-order chi connectivity index (χ1) is 28.2. The Morgan fingerprint density at radius 3 is 0.265 bits per heavy atom. The summed E-state index contributed by atoms with van der Waals surface area (Å²) in [5.74, 6) is -187. The lowest BCUT2D eigenvalue weighted by Gasteiger charge is -2.47. The van der Waals surface area contributed by atoms with Crippen LogP contribution in [-0.2, 0) is 0 Å². The van der Waals surface area contributed by atoms with E-state index >= 15 is 0 Å². The Bertz CT molecular complexity index is 1800. The first kappa shape index (κ1) is 64.8. The lowest BCUT2D eigenvalue weighted by molar-refractivity contribution is -0.498. The molecule has 0 saturated heterocycles. The Morgan fingerprint density at radius 1 is 0.0882 bits per heavy atom. The van der Waals surface area contributed by atoms with Crippen molar-refractivity contribution in [2.24, 2.45) is 0 Å². The topological polar surface area (TPSA) is 0 Å². The standard InChI is InChI=1S/C22F46/c23-1(20(60,61)62,21(63,64)65)2(24,25)3(26,27)4(28,29)5(30,31)6(32,33)7(34,35)8(36,37)9(38,39)10(40,41)11(42,43)12(44,45)13(46,47)14(48,49)15(50,51)16(52,53)17(54,55)18(56,57)19(58,59)22(66,67)68. The SMILES string of the molecule is FC(F)(F)C(F)(F)C(F)(F)C(F)(F)C(F)(F)C(F)(F)C(F)(F)C(F)(F)C(F)(F)C(F)(F)C(F)(F)C(F)(F)C(F)(F)C(F)(F)C(F)(F)C(F)(F)C(F)(F)C(F)(F)C(F)(F)C(F)(C(F)(F)F)C(F)(F)F. The molecule has 0 aromatic rings. The molecule has 0 spiro atoms. The van der Waals surface area contributed by atoms with Crippen LogP contribution < -0.4 is 0 Å². The molecule has 0 aromatic heterocycles. The molecule has 0 aliphatic heterocycles. The van der Waals surface area contributed by atoms with E-state index in [9.17, 15) is 202 Å². The Morgan fingerprint density at radius 2 is 0.176 bits per heavy atom. The third kappa shape index (κ3) is 6.94. The molecule has 46 heteroatoms. The zero-order chi connectivity index (χ0) is 57.0. The highest BCUT2D eigenvalue weighted by atomic mass is 19.5. The van der Waals surface area contributed by atoms with Crippen molar-refractivity contribution in [2.45, 2.75) is 131 Å². The predicted molar refractivity (Wildman–Crippen MR) is 111 cm³/mol. The minimum atomic E-state index is -10.8. The molecule has 0 atom stereocenters. The fourth-order valence-electron chi connectivity index (χ4n) is 4.07. The quantitative estimate of drug-likeness (QED) is 0.120. The second-order valence-corrected chi connectivity index (χ2v) is 12.5. The van der Waals surface area contributed by atoms with E-state index in [2.05, 4.69) is 0 Å². The molecular formula is C22F46. The summed E-state index contributed by atoms with van der Waals surface area (Å²) >= 11 is 0. The summed E-state index contributed by atoms with van der Waals surface area (Å²) < 4.78 is 619. The Labute approximate surface area is 334 Å². The first-order valence-electron chi connectivity index (χ1n) is 13.9. The molecule has 68 heavy (non-hydrogen) atoms. The minimum Gasteiger partial charge on any atom is -0.216 e. The van der Waals surface area contributed by atoms with Crippen LogP contribution in [0.15, 0.2) is 0 Å². The third-order valence-electron chi connectivity index (χ3n) is 8.27. The molecule has 0 heterocycles. The molecule has 0 aliphatic carbocycles. The first-order valence-corrected chi connectivity index (χ1v) is 13.9. The largest absolute Gasteiger partial charge is 0.460 e. The highest BCUT2D eigenvalue weighted by Crippen LogP contribution is 2.72. The summed E-state index contributed by atoms with van der Waals surface area (Å²) in [4.78, 5) is 0. The van der Waals surface area contributed by atoms with Gasteiger partial charge in [0, 0.05) is 0 Å². The van der Waals surface area contributed by atoms with E-state index in [1.807, 2.05) is 0 Å². The van der Waals surface area contributed by atoms with Gasteiger partial charge in [-0.2, -0.15) is 198 Å². The van der Waals surface area contributed by atoms with Gasteiger partial charge in [-0.15, -0.1) is 0 Å². The van der Waals surface area contributed by atoms with Gasteiger partial charge in [-0.25, -0.2) is 4.39 Å². The summed E-state index contributed by atoms with van der Waals surface area (Å²) in [6.45, 7) is 0. The Hall–Kier alpha value is -3.22. The van der Waals surface area contributed by atoms with Gasteiger partial charge in [-0.3, -0.25) is 0 Å². The van der Waals surface area contributed by atoms with E-state index in [0.717, 1.165) is 0 Å². The van der Waals surface area contributed by atoms with Crippen molar-refractivity contribution in [1.29, 1.82) is 0 Å². The molecule has 410 valence electrons. The van der Waals surface area contributed by atoms with Gasteiger partial charge in [0.25, 0.3) is 0 Å². The number of hydrogen-bond acceptors (Lipinski definition) is 0. The highest BCUT2D eigenvalue weighted by molar-refractivity contribution is 5.24. The maximum Gasteiger partial charge on any atom is 0.460 e. The average Bonchev–Trinajstić information content (AvgIpc) is 3.07. The van der Waals surface area contributed by atoms with Crippen LogP contribution in [0.25, 0.3) is 0 Å². The van der Waals surface area contributed by atoms with E-state index in [0.29, 0.717) is 0 Å². The fraction of sp³-hybridized carbons (Fsp3) is 1.00. The summed E-state index contributed by atoms with van der Waals surface area (Å²) in [6, 6.07) is 0. The van der Waals surface area contributed by atoms with Crippen LogP contribution >= 0.6 is 0 Å².